The predicted molar refractivity (Wildman–Crippen MR) is 84.1 cm³/mol. The van der Waals surface area contributed by atoms with Crippen LogP contribution in [0.4, 0.5) is 5.69 Å². The molecule has 0 saturated heterocycles. The summed E-state index contributed by atoms with van der Waals surface area (Å²) in [5, 5.41) is 20.0. The third-order valence-electron chi connectivity index (χ3n) is 3.43. The second-order valence-electron chi connectivity index (χ2n) is 4.79. The van der Waals surface area contributed by atoms with Crippen LogP contribution in [0, 0.1) is 0 Å². The molecule has 22 heavy (non-hydrogen) atoms. The van der Waals surface area contributed by atoms with E-state index >= 15 is 0 Å². The predicted octanol–water partition coefficient (Wildman–Crippen LogP) is 1.79. The highest BCUT2D eigenvalue weighted by atomic mass is 35.5. The monoisotopic (exact) mass is 316 g/mol. The standard InChI is InChI=1S/C16H13ClN2O3/c17-11-6-7-13-12(8-11)14(10-4-2-1-3-5-10)18-15(21)16(22)19(13)9-20/h1-8,15,20-21H,9H2. The first-order valence-electron chi connectivity index (χ1n) is 6.65. The van der Waals surface area contributed by atoms with Gasteiger partial charge in [0.15, 0.2) is 0 Å². The quantitative estimate of drug-likeness (QED) is 0.887. The van der Waals surface area contributed by atoms with Crippen LogP contribution in [-0.2, 0) is 4.79 Å². The zero-order chi connectivity index (χ0) is 15.7. The maximum absolute atomic E-state index is 12.2. The summed E-state index contributed by atoms with van der Waals surface area (Å²) in [5.74, 6) is -0.683. The number of carbonyl (C=O) groups excluding carboxylic acids is 1. The van der Waals surface area contributed by atoms with E-state index in [2.05, 4.69) is 4.99 Å². The number of nitrogens with zero attached hydrogens (tertiary/aromatic N) is 2. The number of benzene rings is 2. The Labute approximate surface area is 132 Å². The van der Waals surface area contributed by atoms with Crippen LogP contribution >= 0.6 is 11.6 Å². The van der Waals surface area contributed by atoms with Gasteiger partial charge in [0.1, 0.15) is 6.73 Å². The van der Waals surface area contributed by atoms with E-state index in [4.69, 9.17) is 11.6 Å². The lowest BCUT2D eigenvalue weighted by molar-refractivity contribution is -0.126. The largest absolute Gasteiger partial charge is 0.376 e. The summed E-state index contributed by atoms with van der Waals surface area (Å²) in [7, 11) is 0. The molecular formula is C16H13ClN2O3. The Hall–Kier alpha value is -2.21. The number of benzodiazepines with no additional fused rings is 1. The Bertz CT molecular complexity index is 746. The lowest BCUT2D eigenvalue weighted by Crippen LogP contribution is -2.38. The Morgan fingerprint density at radius 3 is 2.59 bits per heavy atom. The maximum atomic E-state index is 12.2. The van der Waals surface area contributed by atoms with Crippen molar-refractivity contribution >= 4 is 28.9 Å². The minimum absolute atomic E-state index is 0.454. The van der Waals surface area contributed by atoms with Gasteiger partial charge in [-0.3, -0.25) is 9.69 Å². The molecule has 6 heteroatoms. The summed E-state index contributed by atoms with van der Waals surface area (Å²) in [5.41, 5.74) is 2.24. The summed E-state index contributed by atoms with van der Waals surface area (Å²) in [6, 6.07) is 14.1. The van der Waals surface area contributed by atoms with Crippen LogP contribution in [0.5, 0.6) is 0 Å². The molecule has 0 aliphatic carbocycles. The van der Waals surface area contributed by atoms with Crippen molar-refractivity contribution in [2.24, 2.45) is 4.99 Å². The van der Waals surface area contributed by atoms with Crippen molar-refractivity contribution in [1.29, 1.82) is 0 Å². The number of halogens is 1. The molecule has 0 aromatic heterocycles. The lowest BCUT2D eigenvalue weighted by atomic mass is 10.0. The fourth-order valence-corrected chi connectivity index (χ4v) is 2.58. The number of anilines is 1. The summed E-state index contributed by atoms with van der Waals surface area (Å²) in [6.45, 7) is -0.553. The highest BCUT2D eigenvalue weighted by molar-refractivity contribution is 6.32. The molecule has 1 heterocycles. The molecule has 2 N–H and O–H groups in total. The van der Waals surface area contributed by atoms with Gasteiger partial charge in [-0.05, 0) is 18.2 Å². The van der Waals surface area contributed by atoms with Gasteiger partial charge in [-0.15, -0.1) is 0 Å². The van der Waals surface area contributed by atoms with Gasteiger partial charge in [0, 0.05) is 16.1 Å². The van der Waals surface area contributed by atoms with Crippen molar-refractivity contribution in [3.8, 4) is 0 Å². The highest BCUT2D eigenvalue weighted by Crippen LogP contribution is 2.30. The van der Waals surface area contributed by atoms with Crippen LogP contribution in [0.3, 0.4) is 0 Å². The average Bonchev–Trinajstić information content (AvgIpc) is 2.64. The van der Waals surface area contributed by atoms with Crippen LogP contribution in [-0.4, -0.2) is 34.8 Å². The first-order valence-corrected chi connectivity index (χ1v) is 7.03. The Kier molecular flexibility index (Phi) is 3.94. The minimum atomic E-state index is -1.58. The number of aliphatic hydroxyl groups excluding tert-OH is 2. The van der Waals surface area contributed by atoms with E-state index < -0.39 is 18.9 Å². The first kappa shape index (κ1) is 14.7. The van der Waals surface area contributed by atoms with Crippen LogP contribution < -0.4 is 4.90 Å². The Morgan fingerprint density at radius 2 is 1.91 bits per heavy atom. The van der Waals surface area contributed by atoms with Crippen molar-refractivity contribution in [3.05, 3.63) is 64.7 Å². The molecule has 5 nitrogen and oxygen atoms in total. The number of fused-ring (bicyclic) bond motifs is 1. The van der Waals surface area contributed by atoms with E-state index in [0.717, 1.165) is 10.5 Å². The van der Waals surface area contributed by atoms with Crippen molar-refractivity contribution in [2.45, 2.75) is 6.23 Å². The van der Waals surface area contributed by atoms with E-state index in [0.29, 0.717) is 22.0 Å². The lowest BCUT2D eigenvalue weighted by Gasteiger charge is -2.21. The van der Waals surface area contributed by atoms with Gasteiger partial charge >= 0.3 is 0 Å². The fraction of sp³-hybridized carbons (Fsp3) is 0.125. The topological polar surface area (TPSA) is 73.1 Å². The molecule has 1 atom stereocenters. The molecule has 1 aliphatic heterocycles. The maximum Gasteiger partial charge on any atom is 0.280 e. The third-order valence-corrected chi connectivity index (χ3v) is 3.67. The number of aliphatic hydroxyl groups is 2. The van der Waals surface area contributed by atoms with Gasteiger partial charge in [-0.1, -0.05) is 41.9 Å². The van der Waals surface area contributed by atoms with Gasteiger partial charge in [0.05, 0.1) is 11.4 Å². The molecule has 0 fully saturated rings. The van der Waals surface area contributed by atoms with Crippen LogP contribution in [0.15, 0.2) is 53.5 Å². The summed E-state index contributed by atoms with van der Waals surface area (Å²) < 4.78 is 0. The summed E-state index contributed by atoms with van der Waals surface area (Å²) >= 11 is 6.06. The summed E-state index contributed by atoms with van der Waals surface area (Å²) in [6.07, 6.45) is -1.58. The summed E-state index contributed by atoms with van der Waals surface area (Å²) in [4.78, 5) is 17.4. The average molecular weight is 317 g/mol. The molecule has 0 radical (unpaired) electrons. The second-order valence-corrected chi connectivity index (χ2v) is 5.22. The van der Waals surface area contributed by atoms with Crippen molar-refractivity contribution in [1.82, 2.24) is 0 Å². The SMILES string of the molecule is O=C1C(O)N=C(c2ccccc2)c2cc(Cl)ccc2N1CO. The molecule has 0 bridgehead atoms. The van der Waals surface area contributed by atoms with Crippen LogP contribution in [0.1, 0.15) is 11.1 Å². The number of carbonyl (C=O) groups is 1. The molecule has 0 spiro atoms. The first-order chi connectivity index (χ1) is 10.6. The molecule has 2 aromatic rings. The van der Waals surface area contributed by atoms with Gasteiger partial charge < -0.3 is 10.2 Å². The zero-order valence-corrected chi connectivity index (χ0v) is 12.2. The number of aliphatic imine (C=N–C) groups is 1. The van der Waals surface area contributed by atoms with E-state index in [1.807, 2.05) is 30.3 Å². The Balaban J connectivity index is 2.27. The normalized spacial score (nSPS) is 17.8. The fourth-order valence-electron chi connectivity index (χ4n) is 2.41. The molecule has 112 valence electrons. The van der Waals surface area contributed by atoms with Crippen molar-refractivity contribution < 1.29 is 15.0 Å². The van der Waals surface area contributed by atoms with E-state index in [1.165, 1.54) is 0 Å². The van der Waals surface area contributed by atoms with E-state index in [-0.39, 0.29) is 0 Å². The molecular weight excluding hydrogens is 304 g/mol. The zero-order valence-electron chi connectivity index (χ0n) is 11.5. The number of hydrogen-bond donors (Lipinski definition) is 2. The van der Waals surface area contributed by atoms with Gasteiger partial charge in [0.25, 0.3) is 5.91 Å². The highest BCUT2D eigenvalue weighted by Gasteiger charge is 2.30. The molecule has 2 aromatic carbocycles. The van der Waals surface area contributed by atoms with Gasteiger partial charge in [-0.25, -0.2) is 4.99 Å². The van der Waals surface area contributed by atoms with Crippen molar-refractivity contribution in [2.75, 3.05) is 11.6 Å². The van der Waals surface area contributed by atoms with E-state index in [9.17, 15) is 15.0 Å². The third kappa shape index (κ3) is 2.50. The second kappa shape index (κ2) is 5.88. The number of rotatable bonds is 2. The molecule has 1 unspecified atom stereocenters. The van der Waals surface area contributed by atoms with Crippen LogP contribution in [0.25, 0.3) is 0 Å². The molecule has 0 saturated carbocycles. The van der Waals surface area contributed by atoms with Gasteiger partial charge in [-0.2, -0.15) is 0 Å². The van der Waals surface area contributed by atoms with Gasteiger partial charge in [0.2, 0.25) is 6.23 Å². The minimum Gasteiger partial charge on any atom is -0.376 e. The molecule has 1 aliphatic rings. The molecule has 3 rings (SSSR count). The van der Waals surface area contributed by atoms with Crippen molar-refractivity contribution in [3.63, 3.8) is 0 Å². The Morgan fingerprint density at radius 1 is 1.18 bits per heavy atom. The van der Waals surface area contributed by atoms with Crippen LogP contribution in [0.2, 0.25) is 5.02 Å². The number of hydrogen-bond acceptors (Lipinski definition) is 4. The number of amides is 1. The smallest absolute Gasteiger partial charge is 0.280 e. The molecule has 1 amide bonds. The van der Waals surface area contributed by atoms with E-state index in [1.54, 1.807) is 18.2 Å².